The van der Waals surface area contributed by atoms with Crippen molar-refractivity contribution in [2.24, 2.45) is 12.0 Å². The summed E-state index contributed by atoms with van der Waals surface area (Å²) in [7, 11) is 1.97. The van der Waals surface area contributed by atoms with Gasteiger partial charge in [-0.15, -0.1) is 34.2 Å². The molecule has 4 rings (SSSR count). The molecule has 0 amide bonds. The summed E-state index contributed by atoms with van der Waals surface area (Å²) in [5.74, 6) is 2.53. The Morgan fingerprint density at radius 2 is 1.84 bits per heavy atom. The molecule has 0 aliphatic heterocycles. The van der Waals surface area contributed by atoms with Gasteiger partial charge in [0.25, 0.3) is 0 Å². The number of hydrogen-bond acceptors (Lipinski definition) is 3. The van der Waals surface area contributed by atoms with Gasteiger partial charge in [-0.1, -0.05) is 42.5 Å². The largest absolute Gasteiger partial charge is 0.361 e. The zero-order chi connectivity index (χ0) is 21.6. The molecule has 0 bridgehead atoms. The standard InChI is InChI=1S/C24H29N7.HI/c1-17-8-7-11-21-23(17)20(15-26-21)12-13-25-24(27-14-19-9-5-4-6-10-19)28-16-22-30-29-18(2)31(22)3;/h4-11,15,26H,12-14,16H2,1-3H3,(H2,25,27,28);1H. The number of fused-ring (bicyclic) bond motifs is 1. The lowest BCUT2D eigenvalue weighted by Crippen LogP contribution is -2.38. The first-order valence-corrected chi connectivity index (χ1v) is 10.6. The summed E-state index contributed by atoms with van der Waals surface area (Å²) < 4.78 is 1.98. The van der Waals surface area contributed by atoms with Crippen molar-refractivity contribution in [3.8, 4) is 0 Å². The zero-order valence-corrected chi connectivity index (χ0v) is 21.1. The van der Waals surface area contributed by atoms with Crippen LogP contribution in [0.2, 0.25) is 0 Å². The number of aromatic nitrogens is 4. The zero-order valence-electron chi connectivity index (χ0n) is 18.7. The molecule has 8 heteroatoms. The summed E-state index contributed by atoms with van der Waals surface area (Å²) in [5, 5.41) is 16.6. The average Bonchev–Trinajstić information content (AvgIpc) is 3.35. The fourth-order valence-corrected chi connectivity index (χ4v) is 3.66. The van der Waals surface area contributed by atoms with E-state index in [0.29, 0.717) is 13.1 Å². The van der Waals surface area contributed by atoms with Gasteiger partial charge < -0.3 is 20.2 Å². The lowest BCUT2D eigenvalue weighted by atomic mass is 10.1. The predicted octanol–water partition coefficient (Wildman–Crippen LogP) is 4.01. The van der Waals surface area contributed by atoms with Crippen LogP contribution in [0, 0.1) is 13.8 Å². The van der Waals surface area contributed by atoms with Crippen molar-refractivity contribution in [1.82, 2.24) is 30.4 Å². The van der Waals surface area contributed by atoms with Crippen molar-refractivity contribution in [2.75, 3.05) is 6.54 Å². The minimum absolute atomic E-state index is 0. The molecule has 4 aromatic rings. The van der Waals surface area contributed by atoms with Crippen molar-refractivity contribution in [2.45, 2.75) is 33.4 Å². The number of hydrogen-bond donors (Lipinski definition) is 3. The quantitative estimate of drug-likeness (QED) is 0.187. The van der Waals surface area contributed by atoms with E-state index in [0.717, 1.165) is 30.6 Å². The molecule has 3 N–H and O–H groups in total. The summed E-state index contributed by atoms with van der Waals surface area (Å²) in [5.41, 5.74) is 4.96. The summed E-state index contributed by atoms with van der Waals surface area (Å²) in [4.78, 5) is 8.15. The van der Waals surface area contributed by atoms with Gasteiger partial charge >= 0.3 is 0 Å². The van der Waals surface area contributed by atoms with Crippen LogP contribution in [-0.2, 0) is 26.6 Å². The Bertz CT molecular complexity index is 1180. The molecule has 0 saturated heterocycles. The monoisotopic (exact) mass is 543 g/mol. The van der Waals surface area contributed by atoms with Crippen LogP contribution in [0.5, 0.6) is 0 Å². The van der Waals surface area contributed by atoms with Gasteiger partial charge in [-0.25, -0.2) is 4.99 Å². The van der Waals surface area contributed by atoms with Crippen LogP contribution in [0.4, 0.5) is 0 Å². The maximum Gasteiger partial charge on any atom is 0.191 e. The number of H-pyrrole nitrogens is 1. The van der Waals surface area contributed by atoms with Gasteiger partial charge in [0.1, 0.15) is 5.82 Å². The van der Waals surface area contributed by atoms with E-state index < -0.39 is 0 Å². The number of guanidine groups is 1. The van der Waals surface area contributed by atoms with Crippen molar-refractivity contribution in [3.05, 3.63) is 83.1 Å². The minimum Gasteiger partial charge on any atom is -0.361 e. The molecule has 7 nitrogen and oxygen atoms in total. The van der Waals surface area contributed by atoms with Gasteiger partial charge in [-0.2, -0.15) is 0 Å². The van der Waals surface area contributed by atoms with Gasteiger partial charge in [-0.05, 0) is 43.0 Å². The maximum atomic E-state index is 4.77. The third-order valence-electron chi connectivity index (χ3n) is 5.54. The highest BCUT2D eigenvalue weighted by Crippen LogP contribution is 2.22. The Morgan fingerprint density at radius 3 is 2.59 bits per heavy atom. The van der Waals surface area contributed by atoms with E-state index in [1.807, 2.05) is 36.7 Å². The second-order valence-electron chi connectivity index (χ2n) is 7.71. The number of benzene rings is 2. The molecule has 0 radical (unpaired) electrons. The molecule has 0 unspecified atom stereocenters. The number of aromatic amines is 1. The van der Waals surface area contributed by atoms with E-state index in [1.54, 1.807) is 0 Å². The second-order valence-corrected chi connectivity index (χ2v) is 7.71. The lowest BCUT2D eigenvalue weighted by molar-refractivity contribution is 0.713. The molecule has 2 aromatic heterocycles. The fraction of sp³-hybridized carbons (Fsp3) is 0.292. The van der Waals surface area contributed by atoms with Crippen LogP contribution in [0.25, 0.3) is 10.9 Å². The number of nitrogens with one attached hydrogen (secondary N) is 3. The van der Waals surface area contributed by atoms with Crippen LogP contribution in [0.1, 0.15) is 28.3 Å². The molecule has 0 aliphatic carbocycles. The van der Waals surface area contributed by atoms with Crippen LogP contribution < -0.4 is 10.6 Å². The van der Waals surface area contributed by atoms with Crippen molar-refractivity contribution in [1.29, 1.82) is 0 Å². The third kappa shape index (κ3) is 5.67. The Morgan fingerprint density at radius 1 is 1.03 bits per heavy atom. The number of rotatable bonds is 7. The first-order valence-electron chi connectivity index (χ1n) is 10.6. The number of halogens is 1. The van der Waals surface area contributed by atoms with Crippen molar-refractivity contribution in [3.63, 3.8) is 0 Å². The second kappa shape index (κ2) is 11.1. The highest BCUT2D eigenvalue weighted by Gasteiger charge is 2.08. The smallest absolute Gasteiger partial charge is 0.191 e. The van der Waals surface area contributed by atoms with Crippen LogP contribution in [-0.4, -0.2) is 32.3 Å². The first-order chi connectivity index (χ1) is 15.1. The SMILES string of the molecule is Cc1cccc2[nH]cc(CCNC(=NCc3ccccc3)NCc3nnc(C)n3C)c12.I. The molecule has 168 valence electrons. The molecule has 0 fully saturated rings. The normalized spacial score (nSPS) is 11.4. The van der Waals surface area contributed by atoms with Crippen LogP contribution >= 0.6 is 24.0 Å². The Balaban J connectivity index is 0.00000289. The van der Waals surface area contributed by atoms with Gasteiger partial charge in [0, 0.05) is 30.7 Å². The van der Waals surface area contributed by atoms with Gasteiger partial charge in [0.2, 0.25) is 0 Å². The minimum atomic E-state index is 0. The van der Waals surface area contributed by atoms with E-state index in [9.17, 15) is 0 Å². The van der Waals surface area contributed by atoms with E-state index in [1.165, 1.54) is 27.6 Å². The lowest BCUT2D eigenvalue weighted by Gasteiger charge is -2.13. The van der Waals surface area contributed by atoms with Crippen molar-refractivity contribution >= 4 is 40.8 Å². The molecule has 32 heavy (non-hydrogen) atoms. The topological polar surface area (TPSA) is 82.9 Å². The Hall–Kier alpha value is -2.88. The number of nitrogens with zero attached hydrogens (tertiary/aromatic N) is 4. The van der Waals surface area contributed by atoms with Gasteiger partial charge in [0.15, 0.2) is 11.8 Å². The van der Waals surface area contributed by atoms with Crippen molar-refractivity contribution < 1.29 is 0 Å². The fourth-order valence-electron chi connectivity index (χ4n) is 3.66. The van der Waals surface area contributed by atoms with Crippen LogP contribution in [0.15, 0.2) is 59.7 Å². The number of aliphatic imine (C=N–C) groups is 1. The maximum absolute atomic E-state index is 4.77. The molecule has 0 aliphatic rings. The molecule has 0 saturated carbocycles. The Kier molecular flexibility index (Phi) is 8.26. The van der Waals surface area contributed by atoms with Gasteiger partial charge in [0.05, 0.1) is 13.1 Å². The third-order valence-corrected chi connectivity index (χ3v) is 5.54. The molecule has 2 heterocycles. The highest BCUT2D eigenvalue weighted by atomic mass is 127. The summed E-state index contributed by atoms with van der Waals surface area (Å²) in [6, 6.07) is 16.6. The van der Waals surface area contributed by atoms with E-state index in [2.05, 4.69) is 69.3 Å². The summed E-state index contributed by atoms with van der Waals surface area (Å²) in [6.07, 6.45) is 3.01. The van der Waals surface area contributed by atoms with E-state index >= 15 is 0 Å². The van der Waals surface area contributed by atoms with Crippen LogP contribution in [0.3, 0.4) is 0 Å². The van der Waals surface area contributed by atoms with E-state index in [4.69, 9.17) is 4.99 Å². The number of aryl methyl sites for hydroxylation is 2. The summed E-state index contributed by atoms with van der Waals surface area (Å²) in [6.45, 7) is 6.05. The predicted molar refractivity (Wildman–Crippen MR) is 140 cm³/mol. The first kappa shape index (κ1) is 23.8. The summed E-state index contributed by atoms with van der Waals surface area (Å²) >= 11 is 0. The average molecular weight is 543 g/mol. The molecular formula is C24H30IN7. The highest BCUT2D eigenvalue weighted by molar-refractivity contribution is 14.0. The molecule has 2 aromatic carbocycles. The Labute approximate surface area is 205 Å². The molecule has 0 atom stereocenters. The van der Waals surface area contributed by atoms with Gasteiger partial charge in [-0.3, -0.25) is 0 Å². The molecular weight excluding hydrogens is 513 g/mol. The molecule has 0 spiro atoms. The van der Waals surface area contributed by atoms with E-state index in [-0.39, 0.29) is 24.0 Å².